The van der Waals surface area contributed by atoms with Crippen LogP contribution in [0.1, 0.15) is 25.2 Å². The first-order valence-electron chi connectivity index (χ1n) is 4.85. The van der Waals surface area contributed by atoms with E-state index in [1.807, 2.05) is 4.57 Å². The summed E-state index contributed by atoms with van der Waals surface area (Å²) in [5, 5.41) is 7.84. The minimum atomic E-state index is 0.376. The van der Waals surface area contributed by atoms with Crippen molar-refractivity contribution in [2.75, 3.05) is 13.2 Å². The topological polar surface area (TPSA) is 39.9 Å². The highest BCUT2D eigenvalue weighted by Crippen LogP contribution is 2.26. The van der Waals surface area contributed by atoms with E-state index in [1.54, 1.807) is 6.33 Å². The van der Waals surface area contributed by atoms with Crippen molar-refractivity contribution < 1.29 is 4.74 Å². The fraction of sp³-hybridized carbons (Fsp3) is 0.778. The Hall–Kier alpha value is -0.610. The van der Waals surface area contributed by atoms with Crippen LogP contribution in [0, 0.1) is 5.92 Å². The van der Waals surface area contributed by atoms with E-state index in [9.17, 15) is 0 Å². The lowest BCUT2D eigenvalue weighted by atomic mass is 10.0. The van der Waals surface area contributed by atoms with Crippen LogP contribution in [-0.4, -0.2) is 28.0 Å². The first-order valence-corrected chi connectivity index (χ1v) is 5.38. The molecule has 2 heterocycles. The fourth-order valence-electron chi connectivity index (χ4n) is 1.86. The van der Waals surface area contributed by atoms with Crippen LogP contribution in [0.2, 0.25) is 0 Å². The third kappa shape index (κ3) is 1.77. The highest BCUT2D eigenvalue weighted by Gasteiger charge is 2.24. The second-order valence-corrected chi connectivity index (χ2v) is 3.92. The number of aromatic nitrogens is 3. The maximum absolute atomic E-state index is 5.77. The van der Waals surface area contributed by atoms with Crippen molar-refractivity contribution in [3.05, 3.63) is 12.2 Å². The van der Waals surface area contributed by atoms with E-state index in [0.29, 0.717) is 17.8 Å². The van der Waals surface area contributed by atoms with Crippen LogP contribution < -0.4 is 0 Å². The molecular formula is C9H14ClN3O. The quantitative estimate of drug-likeness (QED) is 0.720. The van der Waals surface area contributed by atoms with Gasteiger partial charge in [-0.3, -0.25) is 0 Å². The summed E-state index contributed by atoms with van der Waals surface area (Å²) in [5.74, 6) is 1.82. The molecule has 0 saturated carbocycles. The Morgan fingerprint density at radius 1 is 1.79 bits per heavy atom. The summed E-state index contributed by atoms with van der Waals surface area (Å²) in [7, 11) is 0. The largest absolute Gasteiger partial charge is 0.381 e. The SMILES string of the molecule is CC(C1CCOC1)n1cnnc1CCl. The number of alkyl halides is 1. The molecule has 4 nitrogen and oxygen atoms in total. The Morgan fingerprint density at radius 2 is 2.64 bits per heavy atom. The molecule has 78 valence electrons. The van der Waals surface area contributed by atoms with Gasteiger partial charge in [0.15, 0.2) is 0 Å². The second-order valence-electron chi connectivity index (χ2n) is 3.65. The highest BCUT2D eigenvalue weighted by atomic mass is 35.5. The summed E-state index contributed by atoms with van der Waals surface area (Å²) in [5.41, 5.74) is 0. The van der Waals surface area contributed by atoms with Crippen LogP contribution in [-0.2, 0) is 10.6 Å². The molecule has 1 saturated heterocycles. The van der Waals surface area contributed by atoms with Gasteiger partial charge >= 0.3 is 0 Å². The Labute approximate surface area is 88.2 Å². The molecular weight excluding hydrogens is 202 g/mol. The van der Waals surface area contributed by atoms with Crippen LogP contribution in [0.5, 0.6) is 0 Å². The molecule has 0 radical (unpaired) electrons. The molecule has 5 heteroatoms. The summed E-state index contributed by atoms with van der Waals surface area (Å²) in [6.07, 6.45) is 2.86. The predicted molar refractivity (Wildman–Crippen MR) is 53.2 cm³/mol. The molecule has 1 aromatic heterocycles. The van der Waals surface area contributed by atoms with Crippen LogP contribution in [0.15, 0.2) is 6.33 Å². The van der Waals surface area contributed by atoms with Gasteiger partial charge in [-0.15, -0.1) is 21.8 Å². The van der Waals surface area contributed by atoms with Gasteiger partial charge in [-0.2, -0.15) is 0 Å². The molecule has 0 amide bonds. The van der Waals surface area contributed by atoms with Crippen molar-refractivity contribution >= 4 is 11.6 Å². The van der Waals surface area contributed by atoms with Crippen LogP contribution in [0.3, 0.4) is 0 Å². The predicted octanol–water partition coefficient (Wildman–Crippen LogP) is 1.61. The van der Waals surface area contributed by atoms with Gasteiger partial charge in [0.25, 0.3) is 0 Å². The Kier molecular flexibility index (Phi) is 3.03. The number of nitrogens with zero attached hydrogens (tertiary/aromatic N) is 3. The zero-order chi connectivity index (χ0) is 9.97. The zero-order valence-corrected chi connectivity index (χ0v) is 8.94. The second kappa shape index (κ2) is 4.28. The third-order valence-electron chi connectivity index (χ3n) is 2.85. The summed E-state index contributed by atoms with van der Waals surface area (Å²) in [6, 6.07) is 0.376. The number of hydrogen-bond donors (Lipinski definition) is 0. The van der Waals surface area contributed by atoms with Crippen molar-refractivity contribution in [3.8, 4) is 0 Å². The molecule has 14 heavy (non-hydrogen) atoms. The van der Waals surface area contributed by atoms with E-state index < -0.39 is 0 Å². The molecule has 2 atom stereocenters. The van der Waals surface area contributed by atoms with Gasteiger partial charge < -0.3 is 9.30 Å². The third-order valence-corrected chi connectivity index (χ3v) is 3.09. The van der Waals surface area contributed by atoms with Gasteiger partial charge in [0.05, 0.1) is 12.5 Å². The molecule has 2 unspecified atom stereocenters. The minimum absolute atomic E-state index is 0.376. The lowest BCUT2D eigenvalue weighted by molar-refractivity contribution is 0.174. The van der Waals surface area contributed by atoms with E-state index in [-0.39, 0.29) is 0 Å². The molecule has 1 aliphatic rings. The minimum Gasteiger partial charge on any atom is -0.381 e. The van der Waals surface area contributed by atoms with Crippen LogP contribution in [0.25, 0.3) is 0 Å². The molecule has 0 N–H and O–H groups in total. The van der Waals surface area contributed by atoms with Crippen molar-refractivity contribution in [1.29, 1.82) is 0 Å². The number of ether oxygens (including phenoxy) is 1. The Balaban J connectivity index is 2.12. The van der Waals surface area contributed by atoms with E-state index in [4.69, 9.17) is 16.3 Å². The van der Waals surface area contributed by atoms with Gasteiger partial charge in [-0.25, -0.2) is 0 Å². The van der Waals surface area contributed by atoms with Gasteiger partial charge in [-0.05, 0) is 13.3 Å². The van der Waals surface area contributed by atoms with Gasteiger partial charge in [0.1, 0.15) is 12.2 Å². The van der Waals surface area contributed by atoms with Crippen LogP contribution >= 0.6 is 11.6 Å². The molecule has 0 bridgehead atoms. The summed E-state index contributed by atoms with van der Waals surface area (Å²) >= 11 is 5.77. The fourth-order valence-corrected chi connectivity index (χ4v) is 2.05. The van der Waals surface area contributed by atoms with E-state index in [1.165, 1.54) is 0 Å². The molecule has 1 fully saturated rings. The van der Waals surface area contributed by atoms with Crippen molar-refractivity contribution in [2.45, 2.75) is 25.3 Å². The maximum Gasteiger partial charge on any atom is 0.148 e. The van der Waals surface area contributed by atoms with E-state index >= 15 is 0 Å². The summed E-state index contributed by atoms with van der Waals surface area (Å²) in [4.78, 5) is 0. The number of rotatable bonds is 3. The zero-order valence-electron chi connectivity index (χ0n) is 8.19. The van der Waals surface area contributed by atoms with Gasteiger partial charge in [-0.1, -0.05) is 0 Å². The number of hydrogen-bond acceptors (Lipinski definition) is 3. The van der Waals surface area contributed by atoms with Gasteiger partial charge in [0, 0.05) is 18.6 Å². The molecule has 0 aromatic carbocycles. The van der Waals surface area contributed by atoms with Crippen molar-refractivity contribution in [2.24, 2.45) is 5.92 Å². The molecule has 0 spiro atoms. The Bertz CT molecular complexity index is 296. The highest BCUT2D eigenvalue weighted by molar-refractivity contribution is 6.16. The smallest absolute Gasteiger partial charge is 0.148 e. The summed E-state index contributed by atoms with van der Waals surface area (Å²) < 4.78 is 7.41. The van der Waals surface area contributed by atoms with Gasteiger partial charge in [0.2, 0.25) is 0 Å². The van der Waals surface area contributed by atoms with Crippen LogP contribution in [0.4, 0.5) is 0 Å². The number of halogens is 1. The van der Waals surface area contributed by atoms with Crippen molar-refractivity contribution in [1.82, 2.24) is 14.8 Å². The molecule has 1 aliphatic heterocycles. The standard InChI is InChI=1S/C9H14ClN3O/c1-7(8-2-3-14-5-8)13-6-11-12-9(13)4-10/h6-8H,2-5H2,1H3. The lowest BCUT2D eigenvalue weighted by Gasteiger charge is -2.19. The maximum atomic E-state index is 5.77. The van der Waals surface area contributed by atoms with E-state index in [2.05, 4.69) is 17.1 Å². The lowest BCUT2D eigenvalue weighted by Crippen LogP contribution is -2.17. The van der Waals surface area contributed by atoms with Crippen molar-refractivity contribution in [3.63, 3.8) is 0 Å². The monoisotopic (exact) mass is 215 g/mol. The average Bonchev–Trinajstić information content (AvgIpc) is 2.87. The molecule has 2 rings (SSSR count). The molecule has 1 aromatic rings. The molecule has 0 aliphatic carbocycles. The normalized spacial score (nSPS) is 24.0. The summed E-state index contributed by atoms with van der Waals surface area (Å²) in [6.45, 7) is 3.87. The average molecular weight is 216 g/mol. The first-order chi connectivity index (χ1) is 6.83. The Morgan fingerprint density at radius 3 is 3.29 bits per heavy atom. The van der Waals surface area contributed by atoms with E-state index in [0.717, 1.165) is 25.5 Å². The first kappa shape index (κ1) is 9.93.